The molecule has 3 N–H and O–H groups in total. The van der Waals surface area contributed by atoms with Gasteiger partial charge in [0.15, 0.2) is 0 Å². The standard InChI is InChI=1S/C18H23NO6S/c1-17(2,15(20)21)12-8-10(7-11-5-6-19-26(11,23)24)9-13-14(12)25-16(22)18(13,3)4/h7-9,16,19,22H,5-6H2,1-4H3,(H,20,21)/b11-7+. The zero-order valence-electron chi connectivity index (χ0n) is 15.2. The Kier molecular flexibility index (Phi) is 4.21. The van der Waals surface area contributed by atoms with E-state index in [1.165, 1.54) is 0 Å². The molecule has 0 radical (unpaired) electrons. The number of sulfonamides is 1. The average molecular weight is 381 g/mol. The Labute approximate surface area is 152 Å². The average Bonchev–Trinajstić information content (AvgIpc) is 2.96. The number of rotatable bonds is 3. The summed E-state index contributed by atoms with van der Waals surface area (Å²) in [4.78, 5) is 12.0. The normalized spacial score (nSPS) is 25.1. The molecule has 1 aromatic carbocycles. The molecule has 26 heavy (non-hydrogen) atoms. The molecule has 0 spiro atoms. The van der Waals surface area contributed by atoms with Crippen LogP contribution in [0.1, 0.15) is 50.8 Å². The van der Waals surface area contributed by atoms with Crippen molar-refractivity contribution < 1.29 is 28.2 Å². The first-order chi connectivity index (χ1) is 11.9. The van der Waals surface area contributed by atoms with Crippen LogP contribution in [0.2, 0.25) is 0 Å². The van der Waals surface area contributed by atoms with Crippen molar-refractivity contribution in [3.8, 4) is 5.75 Å². The van der Waals surface area contributed by atoms with Gasteiger partial charge in [0.2, 0.25) is 16.3 Å². The number of hydrogen-bond acceptors (Lipinski definition) is 5. The van der Waals surface area contributed by atoms with Gasteiger partial charge in [0, 0.05) is 17.7 Å². The van der Waals surface area contributed by atoms with Crippen LogP contribution in [-0.4, -0.2) is 37.4 Å². The summed E-state index contributed by atoms with van der Waals surface area (Å²) in [7, 11) is -3.49. The number of nitrogens with one attached hydrogen (secondary N) is 1. The fraction of sp³-hybridized carbons (Fsp3) is 0.500. The fourth-order valence-corrected chi connectivity index (χ4v) is 4.40. The first-order valence-electron chi connectivity index (χ1n) is 8.35. The van der Waals surface area contributed by atoms with E-state index >= 15 is 0 Å². The van der Waals surface area contributed by atoms with Gasteiger partial charge in [0.25, 0.3) is 0 Å². The van der Waals surface area contributed by atoms with Gasteiger partial charge in [0.05, 0.1) is 15.7 Å². The molecule has 1 unspecified atom stereocenters. The number of aliphatic carboxylic acids is 1. The largest absolute Gasteiger partial charge is 0.481 e. The number of fused-ring (bicyclic) bond motifs is 1. The van der Waals surface area contributed by atoms with E-state index in [4.69, 9.17) is 4.74 Å². The monoisotopic (exact) mass is 381 g/mol. The summed E-state index contributed by atoms with van der Waals surface area (Å²) in [6, 6.07) is 3.38. The highest BCUT2D eigenvalue weighted by molar-refractivity contribution is 7.93. The zero-order valence-corrected chi connectivity index (χ0v) is 16.0. The zero-order chi connectivity index (χ0) is 19.5. The Morgan fingerprint density at radius 3 is 2.58 bits per heavy atom. The van der Waals surface area contributed by atoms with Crippen LogP contribution in [0.25, 0.3) is 6.08 Å². The predicted octanol–water partition coefficient (Wildman–Crippen LogP) is 1.70. The molecule has 0 aliphatic carbocycles. The molecule has 1 aromatic rings. The number of carboxylic acids is 1. The molecule has 2 aliphatic rings. The lowest BCUT2D eigenvalue weighted by Crippen LogP contribution is -2.31. The fourth-order valence-electron chi connectivity index (χ4n) is 3.18. The topological polar surface area (TPSA) is 113 Å². The van der Waals surface area contributed by atoms with Crippen LogP contribution in [0.15, 0.2) is 17.0 Å². The van der Waals surface area contributed by atoms with Gasteiger partial charge in [-0.05, 0) is 57.9 Å². The highest BCUT2D eigenvalue weighted by Gasteiger charge is 2.45. The van der Waals surface area contributed by atoms with Gasteiger partial charge >= 0.3 is 5.97 Å². The van der Waals surface area contributed by atoms with Crippen molar-refractivity contribution in [1.82, 2.24) is 4.72 Å². The molecule has 1 saturated heterocycles. The van der Waals surface area contributed by atoms with E-state index in [1.807, 2.05) is 0 Å². The maximum absolute atomic E-state index is 12.0. The number of ether oxygens (including phenoxy) is 1. The summed E-state index contributed by atoms with van der Waals surface area (Å²) in [6.07, 6.45) is 0.817. The Bertz CT molecular complexity index is 914. The van der Waals surface area contributed by atoms with Gasteiger partial charge < -0.3 is 14.9 Å². The van der Waals surface area contributed by atoms with Gasteiger partial charge in [0.1, 0.15) is 5.75 Å². The Morgan fingerprint density at radius 2 is 2.04 bits per heavy atom. The predicted molar refractivity (Wildman–Crippen MR) is 96.3 cm³/mol. The van der Waals surface area contributed by atoms with E-state index in [2.05, 4.69) is 4.72 Å². The number of carbonyl (C=O) groups is 1. The number of hydrogen-bond donors (Lipinski definition) is 3. The lowest BCUT2D eigenvalue weighted by Gasteiger charge is -2.23. The van der Waals surface area contributed by atoms with Gasteiger partial charge in [-0.15, -0.1) is 0 Å². The molecule has 8 heteroatoms. The van der Waals surface area contributed by atoms with E-state index in [0.29, 0.717) is 35.4 Å². The summed E-state index contributed by atoms with van der Waals surface area (Å²) in [5.41, 5.74) is -0.388. The molecule has 2 aliphatic heterocycles. The van der Waals surface area contributed by atoms with Crippen LogP contribution >= 0.6 is 0 Å². The highest BCUT2D eigenvalue weighted by atomic mass is 32.2. The third kappa shape index (κ3) is 2.82. The number of aliphatic hydroxyl groups is 1. The Morgan fingerprint density at radius 1 is 1.38 bits per heavy atom. The van der Waals surface area contributed by atoms with E-state index in [9.17, 15) is 23.4 Å². The second kappa shape index (κ2) is 5.80. The molecular weight excluding hydrogens is 358 g/mol. The van der Waals surface area contributed by atoms with Crippen molar-refractivity contribution in [2.45, 2.75) is 51.2 Å². The summed E-state index contributed by atoms with van der Waals surface area (Å²) in [5.74, 6) is -0.688. The number of aliphatic hydroxyl groups excluding tert-OH is 1. The summed E-state index contributed by atoms with van der Waals surface area (Å²) in [5, 5.41) is 19.9. The molecular formula is C18H23NO6S. The van der Waals surface area contributed by atoms with Crippen molar-refractivity contribution in [3.63, 3.8) is 0 Å². The van der Waals surface area contributed by atoms with Crippen LogP contribution in [0.4, 0.5) is 0 Å². The van der Waals surface area contributed by atoms with Crippen molar-refractivity contribution in [2.75, 3.05) is 6.54 Å². The quantitative estimate of drug-likeness (QED) is 0.735. The maximum atomic E-state index is 12.0. The van der Waals surface area contributed by atoms with E-state index in [0.717, 1.165) is 0 Å². The van der Waals surface area contributed by atoms with E-state index in [1.54, 1.807) is 45.9 Å². The van der Waals surface area contributed by atoms with Gasteiger partial charge in [-0.2, -0.15) is 0 Å². The molecule has 0 aromatic heterocycles. The van der Waals surface area contributed by atoms with Gasteiger partial charge in [-0.1, -0.05) is 0 Å². The minimum atomic E-state index is -3.49. The third-order valence-electron chi connectivity index (χ3n) is 5.20. The molecule has 0 saturated carbocycles. The highest BCUT2D eigenvalue weighted by Crippen LogP contribution is 2.48. The number of carboxylic acid groups (broad SMARTS) is 1. The van der Waals surface area contributed by atoms with Crippen LogP contribution in [0, 0.1) is 0 Å². The van der Waals surface area contributed by atoms with Crippen LogP contribution < -0.4 is 9.46 Å². The smallest absolute Gasteiger partial charge is 0.313 e. The summed E-state index contributed by atoms with van der Waals surface area (Å²) < 4.78 is 32.1. The molecule has 0 amide bonds. The van der Waals surface area contributed by atoms with Crippen molar-refractivity contribution in [1.29, 1.82) is 0 Å². The minimum absolute atomic E-state index is 0.258. The van der Waals surface area contributed by atoms with Crippen molar-refractivity contribution in [3.05, 3.63) is 33.7 Å². The molecule has 0 bridgehead atoms. The van der Waals surface area contributed by atoms with Gasteiger partial charge in [-0.3, -0.25) is 4.79 Å². The minimum Gasteiger partial charge on any atom is -0.481 e. The maximum Gasteiger partial charge on any atom is 0.313 e. The Hall–Kier alpha value is -1.90. The van der Waals surface area contributed by atoms with Gasteiger partial charge in [-0.25, -0.2) is 13.1 Å². The lowest BCUT2D eigenvalue weighted by atomic mass is 9.78. The van der Waals surface area contributed by atoms with Crippen molar-refractivity contribution in [2.24, 2.45) is 0 Å². The number of benzene rings is 1. The van der Waals surface area contributed by atoms with Crippen LogP contribution in [0.5, 0.6) is 5.75 Å². The van der Waals surface area contributed by atoms with Crippen molar-refractivity contribution >= 4 is 22.1 Å². The summed E-state index contributed by atoms with van der Waals surface area (Å²) >= 11 is 0. The molecule has 3 rings (SSSR count). The molecule has 7 nitrogen and oxygen atoms in total. The van der Waals surface area contributed by atoms with Crippen LogP contribution in [0.3, 0.4) is 0 Å². The van der Waals surface area contributed by atoms with E-state index < -0.39 is 33.1 Å². The second-order valence-corrected chi connectivity index (χ2v) is 9.65. The SMILES string of the molecule is CC(C)(C(=O)O)c1cc(/C=C2\CCNS2(=O)=O)cc2c1OC(O)C2(C)C. The summed E-state index contributed by atoms with van der Waals surface area (Å²) in [6.45, 7) is 7.05. The van der Waals surface area contributed by atoms with E-state index in [-0.39, 0.29) is 4.91 Å². The molecule has 142 valence electrons. The third-order valence-corrected chi connectivity index (χ3v) is 6.79. The second-order valence-electron chi connectivity index (χ2n) is 7.83. The first-order valence-corrected chi connectivity index (χ1v) is 9.83. The first kappa shape index (κ1) is 18.9. The molecule has 1 fully saturated rings. The lowest BCUT2D eigenvalue weighted by molar-refractivity contribution is -0.142. The molecule has 2 heterocycles. The van der Waals surface area contributed by atoms with Crippen LogP contribution in [-0.2, 0) is 25.6 Å². The Balaban J connectivity index is 2.25. The molecule has 1 atom stereocenters.